The number of nitrogens with zero attached hydrogens (tertiary/aromatic N) is 4. The van der Waals surface area contributed by atoms with E-state index in [9.17, 15) is 15.2 Å². The van der Waals surface area contributed by atoms with Crippen molar-refractivity contribution in [2.45, 2.75) is 38.6 Å². The lowest BCUT2D eigenvalue weighted by Crippen LogP contribution is -2.53. The minimum absolute atomic E-state index is 0.130. The van der Waals surface area contributed by atoms with Crippen LogP contribution in [0.2, 0.25) is 0 Å². The molecular formula is C18H23N5O3. The van der Waals surface area contributed by atoms with Gasteiger partial charge in [-0.05, 0) is 31.5 Å². The van der Waals surface area contributed by atoms with Crippen LogP contribution in [-0.2, 0) is 9.53 Å². The molecule has 26 heavy (non-hydrogen) atoms. The number of aromatic nitrogens is 2. The van der Waals surface area contributed by atoms with Gasteiger partial charge in [-0.15, -0.1) is 0 Å². The number of carbonyl (C=O) groups is 1. The van der Waals surface area contributed by atoms with E-state index in [1.165, 1.54) is 0 Å². The van der Waals surface area contributed by atoms with E-state index in [2.05, 4.69) is 21.4 Å². The Morgan fingerprint density at radius 1 is 1.50 bits per heavy atom. The quantitative estimate of drug-likeness (QED) is 0.816. The first-order chi connectivity index (χ1) is 12.5. The van der Waals surface area contributed by atoms with Crippen LogP contribution in [0.1, 0.15) is 26.0 Å². The first-order valence-electron chi connectivity index (χ1n) is 8.76. The summed E-state index contributed by atoms with van der Waals surface area (Å²) in [6.07, 6.45) is 0.926. The summed E-state index contributed by atoms with van der Waals surface area (Å²) in [6.45, 7) is 5.02. The number of pyridine rings is 1. The lowest BCUT2D eigenvalue weighted by Gasteiger charge is -2.37. The molecule has 0 saturated carbocycles. The van der Waals surface area contributed by atoms with Gasteiger partial charge >= 0.3 is 0 Å². The molecule has 1 fully saturated rings. The lowest BCUT2D eigenvalue weighted by molar-refractivity contribution is -0.137. The summed E-state index contributed by atoms with van der Waals surface area (Å²) in [5, 5.41) is 25.8. The molecule has 1 amide bonds. The van der Waals surface area contributed by atoms with Crippen molar-refractivity contribution in [3.63, 3.8) is 0 Å². The maximum Gasteiger partial charge on any atom is 0.251 e. The van der Waals surface area contributed by atoms with Crippen LogP contribution in [0.4, 0.5) is 5.69 Å². The number of aliphatic hydroxyl groups is 1. The van der Waals surface area contributed by atoms with Gasteiger partial charge < -0.3 is 20.1 Å². The number of fused-ring (bicyclic) bond motifs is 1. The standard InChI is InChI=1S/C18H23N5O3/c1-3-14(24)9-20-18(25)17-11-22(10-12(2)26-17)15-5-4-13(8-19)23-16(15)6-7-21-23/h4-7,12,14,17,24H,3,9-11H2,1-2H3,(H,20,25). The van der Waals surface area contributed by atoms with Crippen LogP contribution in [0.25, 0.3) is 5.52 Å². The number of aliphatic hydroxyl groups excluding tert-OH is 1. The van der Waals surface area contributed by atoms with Gasteiger partial charge in [-0.25, -0.2) is 4.52 Å². The second-order valence-electron chi connectivity index (χ2n) is 6.49. The normalized spacial score (nSPS) is 21.4. The van der Waals surface area contributed by atoms with Crippen LogP contribution in [0.15, 0.2) is 24.4 Å². The average Bonchev–Trinajstić information content (AvgIpc) is 3.14. The summed E-state index contributed by atoms with van der Waals surface area (Å²) >= 11 is 0. The highest BCUT2D eigenvalue weighted by Gasteiger charge is 2.31. The number of nitrogens with one attached hydrogen (secondary N) is 1. The van der Waals surface area contributed by atoms with E-state index in [0.717, 1.165) is 11.2 Å². The molecule has 2 N–H and O–H groups in total. The highest BCUT2D eigenvalue weighted by molar-refractivity contribution is 5.82. The maximum absolute atomic E-state index is 12.4. The molecule has 3 rings (SSSR count). The Bertz CT molecular complexity index is 828. The summed E-state index contributed by atoms with van der Waals surface area (Å²) in [4.78, 5) is 14.5. The zero-order valence-electron chi connectivity index (χ0n) is 14.9. The van der Waals surface area contributed by atoms with E-state index in [1.54, 1.807) is 16.8 Å². The molecule has 1 aliphatic rings. The van der Waals surface area contributed by atoms with Crippen molar-refractivity contribution in [1.29, 1.82) is 5.26 Å². The smallest absolute Gasteiger partial charge is 0.251 e. The number of morpholine rings is 1. The number of nitriles is 1. The summed E-state index contributed by atoms with van der Waals surface area (Å²) in [7, 11) is 0. The molecule has 8 heteroatoms. The number of rotatable bonds is 5. The minimum atomic E-state index is -0.624. The Labute approximate surface area is 152 Å². The predicted octanol–water partition coefficient (Wildman–Crippen LogP) is 0.687. The van der Waals surface area contributed by atoms with E-state index in [0.29, 0.717) is 25.2 Å². The van der Waals surface area contributed by atoms with Crippen LogP contribution >= 0.6 is 0 Å². The zero-order chi connectivity index (χ0) is 18.7. The number of hydrogen-bond acceptors (Lipinski definition) is 6. The predicted molar refractivity (Wildman–Crippen MR) is 95.8 cm³/mol. The molecule has 1 aliphatic heterocycles. The molecule has 1 saturated heterocycles. The summed E-state index contributed by atoms with van der Waals surface area (Å²) in [6, 6.07) is 7.58. The highest BCUT2D eigenvalue weighted by atomic mass is 16.5. The number of amides is 1. The zero-order valence-corrected chi connectivity index (χ0v) is 14.9. The third-order valence-electron chi connectivity index (χ3n) is 4.52. The summed E-state index contributed by atoms with van der Waals surface area (Å²) in [5.41, 5.74) is 2.18. The van der Waals surface area contributed by atoms with Crippen LogP contribution in [0, 0.1) is 11.3 Å². The molecule has 3 heterocycles. The fourth-order valence-corrected chi connectivity index (χ4v) is 3.12. The van der Waals surface area contributed by atoms with E-state index >= 15 is 0 Å². The van der Waals surface area contributed by atoms with Gasteiger partial charge in [-0.2, -0.15) is 10.4 Å². The van der Waals surface area contributed by atoms with Crippen LogP contribution in [0.3, 0.4) is 0 Å². The molecular weight excluding hydrogens is 334 g/mol. The van der Waals surface area contributed by atoms with Crippen LogP contribution in [-0.4, -0.2) is 58.6 Å². The van der Waals surface area contributed by atoms with Gasteiger partial charge in [-0.1, -0.05) is 6.92 Å². The van der Waals surface area contributed by atoms with E-state index in [4.69, 9.17) is 4.74 Å². The van der Waals surface area contributed by atoms with Gasteiger partial charge in [0.25, 0.3) is 5.91 Å². The van der Waals surface area contributed by atoms with Gasteiger partial charge in [0.2, 0.25) is 0 Å². The molecule has 2 aromatic rings. The van der Waals surface area contributed by atoms with Crippen LogP contribution < -0.4 is 10.2 Å². The largest absolute Gasteiger partial charge is 0.391 e. The summed E-state index contributed by atoms with van der Waals surface area (Å²) in [5.74, 6) is -0.229. The Morgan fingerprint density at radius 3 is 3.04 bits per heavy atom. The molecule has 0 bridgehead atoms. The molecule has 0 aliphatic carbocycles. The van der Waals surface area contributed by atoms with Crippen LogP contribution in [0.5, 0.6) is 0 Å². The topological polar surface area (TPSA) is 103 Å². The van der Waals surface area contributed by atoms with E-state index in [1.807, 2.05) is 26.0 Å². The molecule has 8 nitrogen and oxygen atoms in total. The number of hydrogen-bond donors (Lipinski definition) is 2. The van der Waals surface area contributed by atoms with Crippen molar-refractivity contribution < 1.29 is 14.6 Å². The maximum atomic E-state index is 12.4. The Morgan fingerprint density at radius 2 is 2.31 bits per heavy atom. The molecule has 3 atom stereocenters. The van der Waals surface area contributed by atoms with Gasteiger partial charge in [-0.3, -0.25) is 4.79 Å². The van der Waals surface area contributed by atoms with Gasteiger partial charge in [0, 0.05) is 13.1 Å². The molecule has 2 aromatic heterocycles. The third-order valence-corrected chi connectivity index (χ3v) is 4.52. The van der Waals surface area contributed by atoms with Gasteiger partial charge in [0.15, 0.2) is 6.10 Å². The highest BCUT2D eigenvalue weighted by Crippen LogP contribution is 2.26. The monoisotopic (exact) mass is 357 g/mol. The van der Waals surface area contributed by atoms with E-state index in [-0.39, 0.29) is 18.6 Å². The Balaban J connectivity index is 1.80. The fraction of sp³-hybridized carbons (Fsp3) is 0.500. The first kappa shape index (κ1) is 18.2. The second kappa shape index (κ2) is 7.72. The molecule has 0 radical (unpaired) electrons. The Kier molecular flexibility index (Phi) is 5.40. The third kappa shape index (κ3) is 3.64. The Hall–Kier alpha value is -2.63. The van der Waals surface area contributed by atoms with Crippen molar-refractivity contribution in [3.05, 3.63) is 30.1 Å². The van der Waals surface area contributed by atoms with Crippen molar-refractivity contribution in [1.82, 2.24) is 14.9 Å². The fourth-order valence-electron chi connectivity index (χ4n) is 3.12. The summed E-state index contributed by atoms with van der Waals surface area (Å²) < 4.78 is 7.39. The number of ether oxygens (including phenoxy) is 1. The molecule has 0 spiro atoms. The first-order valence-corrected chi connectivity index (χ1v) is 8.76. The molecule has 138 valence electrons. The van der Waals surface area contributed by atoms with Crippen molar-refractivity contribution in [2.24, 2.45) is 0 Å². The number of carbonyl (C=O) groups excluding carboxylic acids is 1. The van der Waals surface area contributed by atoms with Gasteiger partial charge in [0.1, 0.15) is 11.8 Å². The van der Waals surface area contributed by atoms with Crippen molar-refractivity contribution in [2.75, 3.05) is 24.5 Å². The van der Waals surface area contributed by atoms with E-state index < -0.39 is 12.2 Å². The average molecular weight is 357 g/mol. The van der Waals surface area contributed by atoms with Gasteiger partial charge in [0.05, 0.1) is 36.2 Å². The van der Waals surface area contributed by atoms with Crippen molar-refractivity contribution >= 4 is 17.1 Å². The second-order valence-corrected chi connectivity index (χ2v) is 6.49. The number of anilines is 1. The minimum Gasteiger partial charge on any atom is -0.391 e. The lowest BCUT2D eigenvalue weighted by atomic mass is 10.1. The van der Waals surface area contributed by atoms with Crippen molar-refractivity contribution in [3.8, 4) is 6.07 Å². The molecule has 3 unspecified atom stereocenters. The molecule has 0 aromatic carbocycles. The SMILES string of the molecule is CCC(O)CNC(=O)C1CN(c2ccc(C#N)n3nccc23)CC(C)O1.